The van der Waals surface area contributed by atoms with Crippen LogP contribution in [0.5, 0.6) is 0 Å². The van der Waals surface area contributed by atoms with Gasteiger partial charge in [0.1, 0.15) is 0 Å². The van der Waals surface area contributed by atoms with Crippen LogP contribution < -0.4 is 15.5 Å². The van der Waals surface area contributed by atoms with Crippen molar-refractivity contribution in [1.29, 1.82) is 0 Å². The Kier molecular flexibility index (Phi) is 4.61. The normalized spacial score (nSPS) is 14.0. The van der Waals surface area contributed by atoms with Gasteiger partial charge in [-0.3, -0.25) is 9.69 Å². The summed E-state index contributed by atoms with van der Waals surface area (Å²) in [4.78, 5) is 25.3. The van der Waals surface area contributed by atoms with Gasteiger partial charge in [0, 0.05) is 30.5 Å². The third-order valence-electron chi connectivity index (χ3n) is 3.81. The topological polar surface area (TPSA) is 61.4 Å². The predicted molar refractivity (Wildman–Crippen MR) is 96.0 cm³/mol. The van der Waals surface area contributed by atoms with Crippen LogP contribution in [-0.4, -0.2) is 25.0 Å². The molecule has 5 heteroatoms. The van der Waals surface area contributed by atoms with Gasteiger partial charge in [-0.1, -0.05) is 29.8 Å². The highest BCUT2D eigenvalue weighted by molar-refractivity contribution is 6.02. The maximum absolute atomic E-state index is 12.0. The second-order valence-corrected chi connectivity index (χ2v) is 5.66. The number of carbonyl (C=O) groups excluding carboxylic acids is 2. The third-order valence-corrected chi connectivity index (χ3v) is 3.81. The third kappa shape index (κ3) is 3.81. The van der Waals surface area contributed by atoms with Gasteiger partial charge in [0.05, 0.1) is 0 Å². The SMILES string of the molecule is Cc1ccc(/C=C/C(=O)Nc2ccc(N3CCNC3=O)cc2)cc1. The predicted octanol–water partition coefficient (Wildman–Crippen LogP) is 3.18. The van der Waals surface area contributed by atoms with Gasteiger partial charge in [-0.2, -0.15) is 0 Å². The molecule has 3 rings (SSSR count). The first-order chi connectivity index (χ1) is 11.6. The number of urea groups is 1. The van der Waals surface area contributed by atoms with Gasteiger partial charge in [0.15, 0.2) is 0 Å². The van der Waals surface area contributed by atoms with Crippen molar-refractivity contribution in [2.24, 2.45) is 0 Å². The van der Waals surface area contributed by atoms with E-state index in [1.165, 1.54) is 11.6 Å². The monoisotopic (exact) mass is 321 g/mol. The van der Waals surface area contributed by atoms with Gasteiger partial charge >= 0.3 is 6.03 Å². The minimum atomic E-state index is -0.192. The minimum Gasteiger partial charge on any atom is -0.336 e. The summed E-state index contributed by atoms with van der Waals surface area (Å²) < 4.78 is 0. The number of nitrogens with one attached hydrogen (secondary N) is 2. The Morgan fingerprint density at radius 1 is 1.12 bits per heavy atom. The van der Waals surface area contributed by atoms with E-state index in [2.05, 4.69) is 10.6 Å². The van der Waals surface area contributed by atoms with E-state index < -0.39 is 0 Å². The number of rotatable bonds is 4. The average molecular weight is 321 g/mol. The number of carbonyl (C=O) groups is 2. The fraction of sp³-hybridized carbons (Fsp3) is 0.158. The van der Waals surface area contributed by atoms with Crippen molar-refractivity contribution < 1.29 is 9.59 Å². The molecule has 1 heterocycles. The van der Waals surface area contributed by atoms with Gasteiger partial charge < -0.3 is 10.6 Å². The second-order valence-electron chi connectivity index (χ2n) is 5.66. The van der Waals surface area contributed by atoms with E-state index in [0.717, 1.165) is 11.3 Å². The molecule has 1 fully saturated rings. The molecule has 1 saturated heterocycles. The van der Waals surface area contributed by atoms with E-state index in [-0.39, 0.29) is 11.9 Å². The van der Waals surface area contributed by atoms with Crippen LogP contribution >= 0.6 is 0 Å². The first-order valence-corrected chi connectivity index (χ1v) is 7.83. The summed E-state index contributed by atoms with van der Waals surface area (Å²) in [6.45, 7) is 3.33. The lowest BCUT2D eigenvalue weighted by atomic mass is 10.1. The number of benzene rings is 2. The molecule has 1 aliphatic rings. The first kappa shape index (κ1) is 15.8. The molecule has 2 aromatic rings. The second kappa shape index (κ2) is 7.00. The maximum atomic E-state index is 12.0. The van der Waals surface area contributed by atoms with Crippen molar-refractivity contribution in [2.45, 2.75) is 6.92 Å². The Morgan fingerprint density at radius 2 is 1.83 bits per heavy atom. The first-order valence-electron chi connectivity index (χ1n) is 7.83. The number of anilines is 2. The Balaban J connectivity index is 1.60. The van der Waals surface area contributed by atoms with Crippen molar-refractivity contribution in [3.05, 3.63) is 65.7 Å². The Labute approximate surface area is 141 Å². The fourth-order valence-corrected chi connectivity index (χ4v) is 2.48. The van der Waals surface area contributed by atoms with Crippen LogP contribution in [0.1, 0.15) is 11.1 Å². The number of amides is 3. The molecule has 24 heavy (non-hydrogen) atoms. The Hall–Kier alpha value is -3.08. The molecule has 1 aliphatic heterocycles. The van der Waals surface area contributed by atoms with Crippen LogP contribution in [0.2, 0.25) is 0 Å². The molecule has 2 N–H and O–H groups in total. The van der Waals surface area contributed by atoms with E-state index in [1.807, 2.05) is 43.3 Å². The zero-order valence-electron chi connectivity index (χ0n) is 13.5. The minimum absolute atomic E-state index is 0.0900. The standard InChI is InChI=1S/C19H19N3O2/c1-14-2-4-15(5-3-14)6-11-18(23)21-16-7-9-17(10-8-16)22-13-12-20-19(22)24/h2-11H,12-13H2,1H3,(H,20,24)(H,21,23)/b11-6+. The summed E-state index contributed by atoms with van der Waals surface area (Å²) in [7, 11) is 0. The highest BCUT2D eigenvalue weighted by atomic mass is 16.2. The van der Waals surface area contributed by atoms with Crippen LogP contribution in [0.25, 0.3) is 6.08 Å². The van der Waals surface area contributed by atoms with Crippen LogP contribution in [0.3, 0.4) is 0 Å². The molecule has 3 amide bonds. The molecule has 2 aromatic carbocycles. The van der Waals surface area contributed by atoms with E-state index >= 15 is 0 Å². The van der Waals surface area contributed by atoms with Crippen LogP contribution in [0.4, 0.5) is 16.2 Å². The number of nitrogens with zero attached hydrogens (tertiary/aromatic N) is 1. The van der Waals surface area contributed by atoms with Crippen LogP contribution in [0, 0.1) is 6.92 Å². The van der Waals surface area contributed by atoms with Gasteiger partial charge in [0.2, 0.25) is 5.91 Å². The van der Waals surface area contributed by atoms with Gasteiger partial charge in [-0.25, -0.2) is 4.79 Å². The van der Waals surface area contributed by atoms with Gasteiger partial charge in [-0.15, -0.1) is 0 Å². The lowest BCUT2D eigenvalue weighted by molar-refractivity contribution is -0.111. The number of hydrogen-bond donors (Lipinski definition) is 2. The molecular weight excluding hydrogens is 302 g/mol. The molecule has 0 radical (unpaired) electrons. The summed E-state index contributed by atoms with van der Waals surface area (Å²) in [5.74, 6) is -0.192. The fourth-order valence-electron chi connectivity index (χ4n) is 2.48. The zero-order valence-corrected chi connectivity index (χ0v) is 13.5. The molecule has 5 nitrogen and oxygen atoms in total. The van der Waals surface area contributed by atoms with E-state index in [4.69, 9.17) is 0 Å². The van der Waals surface area contributed by atoms with Crippen molar-refractivity contribution >= 4 is 29.4 Å². The summed E-state index contributed by atoms with van der Waals surface area (Å²) in [6.07, 6.45) is 3.28. The highest BCUT2D eigenvalue weighted by Crippen LogP contribution is 2.19. The average Bonchev–Trinajstić information content (AvgIpc) is 3.01. The van der Waals surface area contributed by atoms with Gasteiger partial charge in [0.25, 0.3) is 0 Å². The number of aryl methyl sites for hydroxylation is 1. The van der Waals surface area contributed by atoms with Crippen molar-refractivity contribution in [1.82, 2.24) is 5.32 Å². The lowest BCUT2D eigenvalue weighted by Crippen LogP contribution is -2.27. The summed E-state index contributed by atoms with van der Waals surface area (Å²) >= 11 is 0. The molecule has 0 spiro atoms. The van der Waals surface area contributed by atoms with Crippen molar-refractivity contribution in [3.63, 3.8) is 0 Å². The maximum Gasteiger partial charge on any atom is 0.321 e. The summed E-state index contributed by atoms with van der Waals surface area (Å²) in [5, 5.41) is 5.57. The smallest absolute Gasteiger partial charge is 0.321 e. The van der Waals surface area contributed by atoms with Crippen LogP contribution in [0.15, 0.2) is 54.6 Å². The molecule has 0 saturated carbocycles. The largest absolute Gasteiger partial charge is 0.336 e. The molecule has 0 aromatic heterocycles. The molecule has 0 atom stereocenters. The van der Waals surface area contributed by atoms with Crippen molar-refractivity contribution in [3.8, 4) is 0 Å². The summed E-state index contributed by atoms with van der Waals surface area (Å²) in [6, 6.07) is 15.1. The Bertz CT molecular complexity index is 764. The highest BCUT2D eigenvalue weighted by Gasteiger charge is 2.20. The Morgan fingerprint density at radius 3 is 2.46 bits per heavy atom. The molecule has 0 bridgehead atoms. The van der Waals surface area contributed by atoms with Crippen molar-refractivity contribution in [2.75, 3.05) is 23.3 Å². The lowest BCUT2D eigenvalue weighted by Gasteiger charge is -2.14. The molecular formula is C19H19N3O2. The molecule has 0 unspecified atom stereocenters. The van der Waals surface area contributed by atoms with Gasteiger partial charge in [-0.05, 0) is 42.8 Å². The molecule has 122 valence electrons. The summed E-state index contributed by atoms with van der Waals surface area (Å²) in [5.41, 5.74) is 3.67. The van der Waals surface area contributed by atoms with E-state index in [1.54, 1.807) is 23.1 Å². The van der Waals surface area contributed by atoms with E-state index in [0.29, 0.717) is 18.8 Å². The zero-order chi connectivity index (χ0) is 16.9. The van der Waals surface area contributed by atoms with Crippen LogP contribution in [-0.2, 0) is 4.79 Å². The number of hydrogen-bond acceptors (Lipinski definition) is 2. The quantitative estimate of drug-likeness (QED) is 0.850. The molecule has 0 aliphatic carbocycles. The van der Waals surface area contributed by atoms with E-state index in [9.17, 15) is 9.59 Å².